The van der Waals surface area contributed by atoms with Gasteiger partial charge in [-0.05, 0) is 43.5 Å². The Morgan fingerprint density at radius 2 is 2.00 bits per heavy atom. The molecule has 0 spiro atoms. The summed E-state index contributed by atoms with van der Waals surface area (Å²) < 4.78 is 10.2. The maximum atomic E-state index is 12.2. The predicted octanol–water partition coefficient (Wildman–Crippen LogP) is 3.62. The number of primary amides is 1. The number of nitrogens with two attached hydrogens (primary N) is 1. The molecule has 1 aromatic carbocycles. The first kappa shape index (κ1) is 22.8. The van der Waals surface area contributed by atoms with Crippen LogP contribution in [0.4, 0.5) is 10.5 Å². The van der Waals surface area contributed by atoms with E-state index in [2.05, 4.69) is 5.32 Å². The van der Waals surface area contributed by atoms with E-state index in [1.54, 1.807) is 25.1 Å². The van der Waals surface area contributed by atoms with Crippen LogP contribution in [-0.4, -0.2) is 36.6 Å². The Morgan fingerprint density at radius 1 is 1.23 bits per heavy atom. The number of nitrogens with zero attached hydrogens (tertiary/aromatic N) is 1. The van der Waals surface area contributed by atoms with E-state index in [9.17, 15) is 14.4 Å². The Bertz CT molecular complexity index is 965. The number of ether oxygens (including phenoxy) is 1. The molecule has 0 aliphatic heterocycles. The molecule has 0 bridgehead atoms. The Kier molecular flexibility index (Phi) is 8.06. The quantitative estimate of drug-likeness (QED) is 0.588. The van der Waals surface area contributed by atoms with Crippen molar-refractivity contribution >= 4 is 28.7 Å². The monoisotopic (exact) mass is 429 g/mol. The third kappa shape index (κ3) is 6.82. The van der Waals surface area contributed by atoms with Gasteiger partial charge < -0.3 is 14.9 Å². The number of hydrogen-bond acceptors (Lipinski definition) is 6. The summed E-state index contributed by atoms with van der Waals surface area (Å²) >= 11 is 0. The van der Waals surface area contributed by atoms with E-state index in [1.165, 1.54) is 38.2 Å². The van der Waals surface area contributed by atoms with Gasteiger partial charge in [-0.3, -0.25) is 15.0 Å². The third-order valence-electron chi connectivity index (χ3n) is 5.70. The molecule has 0 atom stereocenters. The molecule has 8 nitrogen and oxygen atoms in total. The van der Waals surface area contributed by atoms with Crippen molar-refractivity contribution < 1.29 is 18.7 Å². The van der Waals surface area contributed by atoms with Gasteiger partial charge in [0.15, 0.2) is 0 Å². The molecule has 1 aliphatic rings. The van der Waals surface area contributed by atoms with Gasteiger partial charge in [-0.15, -0.1) is 0 Å². The fraction of sp³-hybridized carbons (Fsp3) is 0.522. The molecule has 1 saturated carbocycles. The minimum Gasteiger partial charge on any atom is -0.450 e. The maximum Gasteiger partial charge on any atom is 0.411 e. The minimum atomic E-state index is -0.573. The minimum absolute atomic E-state index is 0.136. The summed E-state index contributed by atoms with van der Waals surface area (Å²) in [7, 11) is 0. The Labute approximate surface area is 181 Å². The zero-order valence-electron chi connectivity index (χ0n) is 18.0. The maximum absolute atomic E-state index is 12.2. The van der Waals surface area contributed by atoms with Crippen LogP contribution in [0.15, 0.2) is 33.5 Å². The lowest BCUT2D eigenvalue weighted by Crippen LogP contribution is -2.35. The van der Waals surface area contributed by atoms with E-state index in [-0.39, 0.29) is 13.2 Å². The second kappa shape index (κ2) is 10.9. The SMILES string of the molecule is CCOC(=O)Nc1ccc2c(CN(CCC3CCCCC3)CC(N)=O)cc(=O)oc2c1. The van der Waals surface area contributed by atoms with Crippen LogP contribution in [0.25, 0.3) is 11.0 Å². The smallest absolute Gasteiger partial charge is 0.411 e. The molecule has 31 heavy (non-hydrogen) atoms. The van der Waals surface area contributed by atoms with Crippen molar-refractivity contribution in [2.45, 2.75) is 52.0 Å². The number of hydrogen-bond donors (Lipinski definition) is 2. The molecule has 1 aliphatic carbocycles. The standard InChI is InChI=1S/C23H31N3O5/c1-2-30-23(29)25-18-8-9-19-17(12-22(28)31-20(19)13-18)14-26(15-21(24)27)11-10-16-6-4-3-5-7-16/h8-9,12-13,16H,2-7,10-11,14-15H2,1H3,(H2,24,27)(H,25,29). The molecular formula is C23H31N3O5. The Balaban J connectivity index is 1.78. The van der Waals surface area contributed by atoms with Gasteiger partial charge in [0.25, 0.3) is 0 Å². The lowest BCUT2D eigenvalue weighted by atomic mass is 9.87. The molecule has 2 aromatic rings. The number of carbonyl (C=O) groups excluding carboxylic acids is 2. The number of amides is 2. The van der Waals surface area contributed by atoms with Crippen LogP contribution in [0.2, 0.25) is 0 Å². The van der Waals surface area contributed by atoms with E-state index in [0.29, 0.717) is 23.7 Å². The number of fused-ring (bicyclic) bond motifs is 1. The van der Waals surface area contributed by atoms with Crippen molar-refractivity contribution in [3.63, 3.8) is 0 Å². The van der Waals surface area contributed by atoms with Crippen LogP contribution in [0, 0.1) is 5.92 Å². The highest BCUT2D eigenvalue weighted by Gasteiger charge is 2.18. The van der Waals surface area contributed by atoms with Crippen molar-refractivity contribution in [3.8, 4) is 0 Å². The van der Waals surface area contributed by atoms with Gasteiger partial charge in [0.05, 0.1) is 13.2 Å². The van der Waals surface area contributed by atoms with E-state index in [0.717, 1.165) is 23.9 Å². The van der Waals surface area contributed by atoms with Gasteiger partial charge in [-0.25, -0.2) is 9.59 Å². The number of benzene rings is 1. The largest absolute Gasteiger partial charge is 0.450 e. The molecule has 3 N–H and O–H groups in total. The fourth-order valence-electron chi connectivity index (χ4n) is 4.24. The van der Waals surface area contributed by atoms with Crippen LogP contribution in [-0.2, 0) is 16.1 Å². The van der Waals surface area contributed by atoms with Crippen molar-refractivity contribution in [3.05, 3.63) is 40.2 Å². The first-order chi connectivity index (χ1) is 14.9. The van der Waals surface area contributed by atoms with E-state index >= 15 is 0 Å². The zero-order valence-corrected chi connectivity index (χ0v) is 18.0. The Hall–Kier alpha value is -2.87. The van der Waals surface area contributed by atoms with Crippen LogP contribution < -0.4 is 16.7 Å². The van der Waals surface area contributed by atoms with Crippen LogP contribution in [0.1, 0.15) is 51.0 Å². The summed E-state index contributed by atoms with van der Waals surface area (Å²) in [6.07, 6.45) is 6.76. The second-order valence-electron chi connectivity index (χ2n) is 8.12. The lowest BCUT2D eigenvalue weighted by Gasteiger charge is -2.26. The van der Waals surface area contributed by atoms with Crippen LogP contribution in [0.5, 0.6) is 0 Å². The average molecular weight is 430 g/mol. The molecule has 3 rings (SSSR count). The average Bonchev–Trinajstić information content (AvgIpc) is 2.72. The lowest BCUT2D eigenvalue weighted by molar-refractivity contribution is -0.119. The van der Waals surface area contributed by atoms with Gasteiger partial charge in [-0.1, -0.05) is 32.1 Å². The second-order valence-corrected chi connectivity index (χ2v) is 8.12. The highest BCUT2D eigenvalue weighted by atomic mass is 16.5. The highest BCUT2D eigenvalue weighted by molar-refractivity contribution is 5.90. The summed E-state index contributed by atoms with van der Waals surface area (Å²) in [5, 5.41) is 3.35. The van der Waals surface area contributed by atoms with Crippen molar-refractivity contribution in [2.24, 2.45) is 11.7 Å². The van der Waals surface area contributed by atoms with Crippen molar-refractivity contribution in [1.82, 2.24) is 4.90 Å². The zero-order chi connectivity index (χ0) is 22.2. The Morgan fingerprint density at radius 3 is 2.71 bits per heavy atom. The van der Waals surface area contributed by atoms with Gasteiger partial charge in [-0.2, -0.15) is 0 Å². The fourth-order valence-corrected chi connectivity index (χ4v) is 4.24. The van der Waals surface area contributed by atoms with E-state index in [4.69, 9.17) is 14.9 Å². The van der Waals surface area contributed by atoms with Gasteiger partial charge in [0, 0.05) is 29.8 Å². The predicted molar refractivity (Wildman–Crippen MR) is 119 cm³/mol. The molecule has 8 heteroatoms. The molecule has 1 aromatic heterocycles. The topological polar surface area (TPSA) is 115 Å². The summed E-state index contributed by atoms with van der Waals surface area (Å²) in [5.74, 6) is 0.287. The molecule has 0 radical (unpaired) electrons. The molecular weight excluding hydrogens is 398 g/mol. The molecule has 1 fully saturated rings. The summed E-state index contributed by atoms with van der Waals surface area (Å²) in [6, 6.07) is 6.56. The number of carbonyl (C=O) groups is 2. The molecule has 2 amide bonds. The van der Waals surface area contributed by atoms with E-state index < -0.39 is 17.6 Å². The molecule has 0 saturated heterocycles. The molecule has 0 unspecified atom stereocenters. The summed E-state index contributed by atoms with van der Waals surface area (Å²) in [5.41, 5.74) is 6.59. The first-order valence-corrected chi connectivity index (χ1v) is 11.0. The summed E-state index contributed by atoms with van der Waals surface area (Å²) in [4.78, 5) is 37.4. The van der Waals surface area contributed by atoms with E-state index in [1.807, 2.05) is 4.90 Å². The van der Waals surface area contributed by atoms with Crippen molar-refractivity contribution in [1.29, 1.82) is 0 Å². The number of anilines is 1. The van der Waals surface area contributed by atoms with Crippen LogP contribution >= 0.6 is 0 Å². The van der Waals surface area contributed by atoms with Gasteiger partial charge in [0.2, 0.25) is 5.91 Å². The normalized spacial score (nSPS) is 14.6. The van der Waals surface area contributed by atoms with Gasteiger partial charge >= 0.3 is 11.7 Å². The molecule has 168 valence electrons. The van der Waals surface area contributed by atoms with Crippen molar-refractivity contribution in [2.75, 3.05) is 25.0 Å². The van der Waals surface area contributed by atoms with Gasteiger partial charge in [0.1, 0.15) is 5.58 Å². The molecule has 1 heterocycles. The number of nitrogens with one attached hydrogen (secondary N) is 1. The third-order valence-corrected chi connectivity index (χ3v) is 5.70. The van der Waals surface area contributed by atoms with Crippen LogP contribution in [0.3, 0.4) is 0 Å². The number of rotatable bonds is 9. The summed E-state index contributed by atoms with van der Waals surface area (Å²) in [6.45, 7) is 3.28. The first-order valence-electron chi connectivity index (χ1n) is 11.0. The highest BCUT2D eigenvalue weighted by Crippen LogP contribution is 2.27.